The van der Waals surface area contributed by atoms with E-state index in [4.69, 9.17) is 5.73 Å². The zero-order valence-corrected chi connectivity index (χ0v) is 11.7. The van der Waals surface area contributed by atoms with Crippen molar-refractivity contribution in [2.75, 3.05) is 6.54 Å². The minimum Gasteiger partial charge on any atom is -0.366 e. The van der Waals surface area contributed by atoms with Crippen molar-refractivity contribution < 1.29 is 14.0 Å². The van der Waals surface area contributed by atoms with Crippen LogP contribution in [-0.2, 0) is 11.3 Å². The molecule has 0 heterocycles. The average molecular weight is 281 g/mol. The standard InChI is InChI=1S/C14H20FN3O2/c1-9(2)18-13(19)5-6-17-8-11-7-10(14(16)20)3-4-12(11)15/h3-4,7,9,17H,5-6,8H2,1-2H3,(H2,16,20)(H,18,19). The van der Waals surface area contributed by atoms with Crippen molar-refractivity contribution in [3.05, 3.63) is 35.1 Å². The van der Waals surface area contributed by atoms with Gasteiger partial charge in [-0.15, -0.1) is 0 Å². The lowest BCUT2D eigenvalue weighted by Gasteiger charge is -2.09. The van der Waals surface area contributed by atoms with Gasteiger partial charge in [0.1, 0.15) is 5.82 Å². The van der Waals surface area contributed by atoms with E-state index in [9.17, 15) is 14.0 Å². The predicted molar refractivity (Wildman–Crippen MR) is 74.5 cm³/mol. The van der Waals surface area contributed by atoms with Crippen LogP contribution in [0.3, 0.4) is 0 Å². The van der Waals surface area contributed by atoms with Crippen LogP contribution in [0.4, 0.5) is 4.39 Å². The van der Waals surface area contributed by atoms with Crippen molar-refractivity contribution in [2.45, 2.75) is 32.9 Å². The number of amides is 2. The summed E-state index contributed by atoms with van der Waals surface area (Å²) in [5.74, 6) is -1.06. The Morgan fingerprint density at radius 1 is 1.35 bits per heavy atom. The maximum Gasteiger partial charge on any atom is 0.248 e. The molecule has 110 valence electrons. The van der Waals surface area contributed by atoms with Gasteiger partial charge in [0.25, 0.3) is 0 Å². The molecule has 0 aliphatic heterocycles. The molecule has 1 rings (SSSR count). The number of carbonyl (C=O) groups excluding carboxylic acids is 2. The third-order valence-electron chi connectivity index (χ3n) is 2.62. The van der Waals surface area contributed by atoms with E-state index in [0.717, 1.165) is 0 Å². The zero-order valence-electron chi connectivity index (χ0n) is 11.7. The Balaban J connectivity index is 2.44. The van der Waals surface area contributed by atoms with Crippen LogP contribution < -0.4 is 16.4 Å². The number of halogens is 1. The Bertz CT molecular complexity index is 489. The summed E-state index contributed by atoms with van der Waals surface area (Å²) in [6, 6.07) is 4.07. The van der Waals surface area contributed by atoms with E-state index < -0.39 is 11.7 Å². The second-order valence-corrected chi connectivity index (χ2v) is 4.82. The van der Waals surface area contributed by atoms with Crippen LogP contribution in [0.2, 0.25) is 0 Å². The highest BCUT2D eigenvalue weighted by Crippen LogP contribution is 2.10. The van der Waals surface area contributed by atoms with E-state index in [1.54, 1.807) is 0 Å². The smallest absolute Gasteiger partial charge is 0.248 e. The van der Waals surface area contributed by atoms with Gasteiger partial charge in [-0.25, -0.2) is 4.39 Å². The van der Waals surface area contributed by atoms with Crippen LogP contribution in [0.15, 0.2) is 18.2 Å². The third kappa shape index (κ3) is 5.36. The number of nitrogens with two attached hydrogens (primary N) is 1. The van der Waals surface area contributed by atoms with Crippen LogP contribution in [0.5, 0.6) is 0 Å². The minimum absolute atomic E-state index is 0.0566. The summed E-state index contributed by atoms with van der Waals surface area (Å²) in [6.07, 6.45) is 0.315. The number of hydrogen-bond donors (Lipinski definition) is 3. The van der Waals surface area contributed by atoms with E-state index in [1.165, 1.54) is 18.2 Å². The first-order valence-electron chi connectivity index (χ1n) is 6.48. The van der Waals surface area contributed by atoms with Gasteiger partial charge in [0.2, 0.25) is 11.8 Å². The topological polar surface area (TPSA) is 84.2 Å². The summed E-state index contributed by atoms with van der Waals surface area (Å²) in [4.78, 5) is 22.4. The first kappa shape index (κ1) is 16.1. The number of nitrogens with one attached hydrogen (secondary N) is 2. The van der Waals surface area contributed by atoms with Crippen LogP contribution in [-0.4, -0.2) is 24.4 Å². The molecule has 4 N–H and O–H groups in total. The molecule has 0 fully saturated rings. The molecule has 0 spiro atoms. The number of carbonyl (C=O) groups is 2. The molecule has 0 radical (unpaired) electrons. The van der Waals surface area contributed by atoms with Crippen LogP contribution in [0.1, 0.15) is 36.2 Å². The Hall–Kier alpha value is -1.95. The van der Waals surface area contributed by atoms with Crippen LogP contribution in [0.25, 0.3) is 0 Å². The van der Waals surface area contributed by atoms with Gasteiger partial charge in [-0.1, -0.05) is 0 Å². The van der Waals surface area contributed by atoms with E-state index in [-0.39, 0.29) is 24.1 Å². The van der Waals surface area contributed by atoms with Gasteiger partial charge in [0.15, 0.2) is 0 Å². The summed E-state index contributed by atoms with van der Waals surface area (Å²) < 4.78 is 13.5. The molecule has 2 amide bonds. The highest BCUT2D eigenvalue weighted by molar-refractivity contribution is 5.92. The summed E-state index contributed by atoms with van der Waals surface area (Å²) >= 11 is 0. The number of rotatable bonds is 7. The summed E-state index contributed by atoms with van der Waals surface area (Å²) in [6.45, 7) is 4.44. The number of hydrogen-bond acceptors (Lipinski definition) is 3. The number of primary amides is 1. The molecule has 0 atom stereocenters. The Labute approximate surface area is 117 Å². The van der Waals surface area contributed by atoms with Gasteiger partial charge < -0.3 is 16.4 Å². The van der Waals surface area contributed by atoms with Gasteiger partial charge in [0, 0.05) is 36.7 Å². The average Bonchev–Trinajstić information content (AvgIpc) is 2.35. The molecule has 0 bridgehead atoms. The Morgan fingerprint density at radius 3 is 2.65 bits per heavy atom. The van der Waals surface area contributed by atoms with Crippen molar-refractivity contribution in [2.24, 2.45) is 5.73 Å². The van der Waals surface area contributed by atoms with E-state index >= 15 is 0 Å². The lowest BCUT2D eigenvalue weighted by molar-refractivity contribution is -0.121. The summed E-state index contributed by atoms with van der Waals surface area (Å²) in [7, 11) is 0. The molecule has 0 unspecified atom stereocenters. The first-order chi connectivity index (χ1) is 9.40. The van der Waals surface area contributed by atoms with Crippen molar-refractivity contribution in [1.82, 2.24) is 10.6 Å². The van der Waals surface area contributed by atoms with Crippen LogP contribution in [0, 0.1) is 5.82 Å². The lowest BCUT2D eigenvalue weighted by Crippen LogP contribution is -2.32. The predicted octanol–water partition coefficient (Wildman–Crippen LogP) is 0.929. The second-order valence-electron chi connectivity index (χ2n) is 4.82. The van der Waals surface area contributed by atoms with Crippen molar-refractivity contribution >= 4 is 11.8 Å². The molecule has 0 saturated carbocycles. The van der Waals surface area contributed by atoms with Gasteiger partial charge in [-0.3, -0.25) is 9.59 Å². The summed E-state index contributed by atoms with van der Waals surface area (Å²) in [5.41, 5.74) is 5.76. The molecule has 5 nitrogen and oxygen atoms in total. The fraction of sp³-hybridized carbons (Fsp3) is 0.429. The van der Waals surface area contributed by atoms with E-state index in [0.29, 0.717) is 18.5 Å². The molecule has 1 aromatic carbocycles. The summed E-state index contributed by atoms with van der Waals surface area (Å²) in [5, 5.41) is 5.72. The quantitative estimate of drug-likeness (QED) is 0.650. The Kier molecular flexibility index (Phi) is 6.11. The van der Waals surface area contributed by atoms with Crippen LogP contribution >= 0.6 is 0 Å². The van der Waals surface area contributed by atoms with E-state index in [1.807, 2.05) is 13.8 Å². The fourth-order valence-corrected chi connectivity index (χ4v) is 1.68. The maximum atomic E-state index is 13.5. The van der Waals surface area contributed by atoms with Crippen molar-refractivity contribution in [3.8, 4) is 0 Å². The fourth-order valence-electron chi connectivity index (χ4n) is 1.68. The lowest BCUT2D eigenvalue weighted by atomic mass is 10.1. The molecule has 1 aromatic rings. The first-order valence-corrected chi connectivity index (χ1v) is 6.48. The molecular formula is C14H20FN3O2. The minimum atomic E-state index is -0.595. The van der Waals surface area contributed by atoms with Gasteiger partial charge in [-0.2, -0.15) is 0 Å². The van der Waals surface area contributed by atoms with Gasteiger partial charge in [-0.05, 0) is 32.0 Å². The zero-order chi connectivity index (χ0) is 15.1. The van der Waals surface area contributed by atoms with Crippen molar-refractivity contribution in [3.63, 3.8) is 0 Å². The molecule has 0 aliphatic rings. The SMILES string of the molecule is CC(C)NC(=O)CCNCc1cc(C(N)=O)ccc1F. The molecule has 20 heavy (non-hydrogen) atoms. The van der Waals surface area contributed by atoms with Crippen molar-refractivity contribution in [1.29, 1.82) is 0 Å². The highest BCUT2D eigenvalue weighted by Gasteiger charge is 2.07. The second kappa shape index (κ2) is 7.59. The maximum absolute atomic E-state index is 13.5. The molecule has 0 saturated heterocycles. The molecule has 6 heteroatoms. The molecule has 0 aromatic heterocycles. The van der Waals surface area contributed by atoms with Gasteiger partial charge >= 0.3 is 0 Å². The monoisotopic (exact) mass is 281 g/mol. The highest BCUT2D eigenvalue weighted by atomic mass is 19.1. The van der Waals surface area contributed by atoms with E-state index in [2.05, 4.69) is 10.6 Å². The normalized spacial score (nSPS) is 10.6. The molecule has 0 aliphatic carbocycles. The Morgan fingerprint density at radius 2 is 2.05 bits per heavy atom. The molecular weight excluding hydrogens is 261 g/mol. The van der Waals surface area contributed by atoms with Gasteiger partial charge in [0.05, 0.1) is 0 Å². The number of benzene rings is 1. The third-order valence-corrected chi connectivity index (χ3v) is 2.62. The largest absolute Gasteiger partial charge is 0.366 e.